The van der Waals surface area contributed by atoms with Crippen molar-refractivity contribution in [1.82, 2.24) is 24.6 Å². The second-order valence-corrected chi connectivity index (χ2v) is 5.51. The summed E-state index contributed by atoms with van der Waals surface area (Å²) in [7, 11) is 3.82. The van der Waals surface area contributed by atoms with Crippen LogP contribution in [0.3, 0.4) is 0 Å². The molecule has 0 amide bonds. The second kappa shape index (κ2) is 5.38. The zero-order valence-electron chi connectivity index (χ0n) is 12.3. The van der Waals surface area contributed by atoms with Gasteiger partial charge in [0.05, 0.1) is 24.3 Å². The summed E-state index contributed by atoms with van der Waals surface area (Å²) in [5, 5.41) is 7.33. The standard InChI is InChI=1S/C14H21N5O/c1-10-4-11(17-16-10)6-19-7-13-14(18(2)9-15-13)5-12(19)8-20-3/h4,9,12H,5-8H2,1-3H3,(H,16,17)/t12-/m0/s1. The molecule has 108 valence electrons. The van der Waals surface area contributed by atoms with Crippen LogP contribution in [0.25, 0.3) is 0 Å². The highest BCUT2D eigenvalue weighted by atomic mass is 16.5. The van der Waals surface area contributed by atoms with Gasteiger partial charge in [-0.15, -0.1) is 0 Å². The number of aromatic nitrogens is 4. The molecule has 2 aromatic heterocycles. The van der Waals surface area contributed by atoms with Crippen LogP contribution >= 0.6 is 0 Å². The molecular formula is C14H21N5O. The second-order valence-electron chi connectivity index (χ2n) is 5.51. The summed E-state index contributed by atoms with van der Waals surface area (Å²) in [6.07, 6.45) is 2.87. The van der Waals surface area contributed by atoms with Crippen LogP contribution in [-0.4, -0.2) is 44.4 Å². The zero-order chi connectivity index (χ0) is 14.1. The first kappa shape index (κ1) is 13.3. The molecule has 1 N–H and O–H groups in total. The summed E-state index contributed by atoms with van der Waals surface area (Å²) >= 11 is 0. The van der Waals surface area contributed by atoms with Gasteiger partial charge in [-0.05, 0) is 13.0 Å². The molecule has 1 aliphatic rings. The Bertz CT molecular complexity index is 588. The lowest BCUT2D eigenvalue weighted by Crippen LogP contribution is -2.43. The molecule has 0 aromatic carbocycles. The van der Waals surface area contributed by atoms with Crippen LogP contribution in [0, 0.1) is 6.92 Å². The molecule has 3 heterocycles. The minimum Gasteiger partial charge on any atom is -0.383 e. The number of methoxy groups -OCH3 is 1. The molecule has 2 aromatic rings. The summed E-state index contributed by atoms with van der Waals surface area (Å²) in [6, 6.07) is 2.47. The number of hydrogen-bond donors (Lipinski definition) is 1. The Kier molecular flexibility index (Phi) is 3.58. The lowest BCUT2D eigenvalue weighted by molar-refractivity contribution is 0.0692. The number of rotatable bonds is 4. The van der Waals surface area contributed by atoms with E-state index in [1.807, 2.05) is 13.3 Å². The third kappa shape index (κ3) is 2.48. The van der Waals surface area contributed by atoms with Gasteiger partial charge in [-0.2, -0.15) is 5.10 Å². The van der Waals surface area contributed by atoms with Crippen molar-refractivity contribution in [1.29, 1.82) is 0 Å². The van der Waals surface area contributed by atoms with Crippen molar-refractivity contribution in [2.75, 3.05) is 13.7 Å². The highest BCUT2D eigenvalue weighted by Crippen LogP contribution is 2.23. The molecule has 0 bridgehead atoms. The van der Waals surface area contributed by atoms with Gasteiger partial charge in [0.1, 0.15) is 0 Å². The number of nitrogens with zero attached hydrogens (tertiary/aromatic N) is 4. The van der Waals surface area contributed by atoms with E-state index < -0.39 is 0 Å². The van der Waals surface area contributed by atoms with Gasteiger partial charge in [0, 0.05) is 51.1 Å². The van der Waals surface area contributed by atoms with E-state index in [0.717, 1.165) is 37.5 Å². The van der Waals surface area contributed by atoms with E-state index in [-0.39, 0.29) is 0 Å². The SMILES string of the molecule is COC[C@@H]1Cc2c(ncn2C)CN1Cc1cc(C)[nH]n1. The van der Waals surface area contributed by atoms with Crippen LogP contribution in [0.2, 0.25) is 0 Å². The number of aromatic amines is 1. The van der Waals surface area contributed by atoms with Crippen LogP contribution in [0.15, 0.2) is 12.4 Å². The first-order valence-corrected chi connectivity index (χ1v) is 6.90. The van der Waals surface area contributed by atoms with Crippen molar-refractivity contribution < 1.29 is 4.74 Å². The molecule has 0 spiro atoms. The molecule has 0 aliphatic carbocycles. The van der Waals surface area contributed by atoms with Gasteiger partial charge in [-0.25, -0.2) is 4.98 Å². The Hall–Kier alpha value is -1.66. The zero-order valence-corrected chi connectivity index (χ0v) is 12.3. The Labute approximate surface area is 118 Å². The Morgan fingerprint density at radius 1 is 1.50 bits per heavy atom. The van der Waals surface area contributed by atoms with E-state index in [4.69, 9.17) is 4.74 Å². The Morgan fingerprint density at radius 3 is 3.05 bits per heavy atom. The minimum absolute atomic E-state index is 0.375. The van der Waals surface area contributed by atoms with E-state index in [2.05, 4.69) is 37.8 Å². The van der Waals surface area contributed by atoms with Crippen LogP contribution in [0.4, 0.5) is 0 Å². The maximum absolute atomic E-state index is 5.39. The fraction of sp³-hybridized carbons (Fsp3) is 0.571. The summed E-state index contributed by atoms with van der Waals surface area (Å²) in [5.41, 5.74) is 4.66. The number of H-pyrrole nitrogens is 1. The van der Waals surface area contributed by atoms with Crippen molar-refractivity contribution in [3.63, 3.8) is 0 Å². The molecule has 3 rings (SSSR count). The predicted molar refractivity (Wildman–Crippen MR) is 75.1 cm³/mol. The van der Waals surface area contributed by atoms with Crippen LogP contribution in [0.1, 0.15) is 22.8 Å². The number of ether oxygens (including phenoxy) is 1. The highest BCUT2D eigenvalue weighted by molar-refractivity contribution is 5.19. The van der Waals surface area contributed by atoms with E-state index >= 15 is 0 Å². The molecule has 0 radical (unpaired) electrons. The van der Waals surface area contributed by atoms with Crippen molar-refractivity contribution in [3.8, 4) is 0 Å². The maximum Gasteiger partial charge on any atom is 0.0949 e. The number of nitrogens with one attached hydrogen (secondary N) is 1. The van der Waals surface area contributed by atoms with E-state index in [9.17, 15) is 0 Å². The Balaban J connectivity index is 1.81. The van der Waals surface area contributed by atoms with Crippen molar-refractivity contribution in [3.05, 3.63) is 35.2 Å². The van der Waals surface area contributed by atoms with Gasteiger partial charge < -0.3 is 9.30 Å². The monoisotopic (exact) mass is 275 g/mol. The van der Waals surface area contributed by atoms with Crippen molar-refractivity contribution in [2.45, 2.75) is 32.5 Å². The molecular weight excluding hydrogens is 254 g/mol. The molecule has 0 saturated carbocycles. The number of imidazole rings is 1. The van der Waals surface area contributed by atoms with Gasteiger partial charge in [-0.1, -0.05) is 0 Å². The minimum atomic E-state index is 0.375. The molecule has 1 aliphatic heterocycles. The van der Waals surface area contributed by atoms with E-state index in [1.54, 1.807) is 7.11 Å². The summed E-state index contributed by atoms with van der Waals surface area (Å²) in [5.74, 6) is 0. The average molecular weight is 275 g/mol. The van der Waals surface area contributed by atoms with Gasteiger partial charge >= 0.3 is 0 Å². The van der Waals surface area contributed by atoms with Crippen LogP contribution < -0.4 is 0 Å². The van der Waals surface area contributed by atoms with Gasteiger partial charge in [0.2, 0.25) is 0 Å². The molecule has 6 heteroatoms. The normalized spacial score (nSPS) is 19.2. The summed E-state index contributed by atoms with van der Waals surface area (Å²) in [6.45, 7) is 4.44. The number of aryl methyl sites for hydroxylation is 2. The first-order valence-electron chi connectivity index (χ1n) is 6.90. The number of fused-ring (bicyclic) bond motifs is 1. The maximum atomic E-state index is 5.39. The fourth-order valence-electron chi connectivity index (χ4n) is 2.88. The molecule has 1 atom stereocenters. The van der Waals surface area contributed by atoms with Crippen LogP contribution in [0.5, 0.6) is 0 Å². The van der Waals surface area contributed by atoms with Gasteiger partial charge in [0.15, 0.2) is 0 Å². The Morgan fingerprint density at radius 2 is 2.35 bits per heavy atom. The first-order chi connectivity index (χ1) is 9.67. The largest absolute Gasteiger partial charge is 0.383 e. The van der Waals surface area contributed by atoms with Crippen molar-refractivity contribution in [2.24, 2.45) is 7.05 Å². The molecule has 0 saturated heterocycles. The van der Waals surface area contributed by atoms with E-state index in [0.29, 0.717) is 6.04 Å². The van der Waals surface area contributed by atoms with Crippen LogP contribution in [-0.2, 0) is 31.3 Å². The van der Waals surface area contributed by atoms with E-state index in [1.165, 1.54) is 11.4 Å². The topological polar surface area (TPSA) is 59.0 Å². The summed E-state index contributed by atoms with van der Waals surface area (Å²) in [4.78, 5) is 6.90. The third-order valence-corrected chi connectivity index (χ3v) is 3.93. The lowest BCUT2D eigenvalue weighted by Gasteiger charge is -2.34. The molecule has 0 unspecified atom stereocenters. The van der Waals surface area contributed by atoms with Crippen molar-refractivity contribution >= 4 is 0 Å². The van der Waals surface area contributed by atoms with Gasteiger partial charge in [0.25, 0.3) is 0 Å². The third-order valence-electron chi connectivity index (χ3n) is 3.93. The highest BCUT2D eigenvalue weighted by Gasteiger charge is 2.29. The number of hydrogen-bond acceptors (Lipinski definition) is 4. The quantitative estimate of drug-likeness (QED) is 0.905. The molecule has 6 nitrogen and oxygen atoms in total. The van der Waals surface area contributed by atoms with Gasteiger partial charge in [-0.3, -0.25) is 10.00 Å². The lowest BCUT2D eigenvalue weighted by atomic mass is 10.0. The average Bonchev–Trinajstić information content (AvgIpc) is 2.98. The smallest absolute Gasteiger partial charge is 0.0949 e. The molecule has 0 fully saturated rings. The fourth-order valence-corrected chi connectivity index (χ4v) is 2.88. The predicted octanol–water partition coefficient (Wildman–Crippen LogP) is 1.02. The molecule has 20 heavy (non-hydrogen) atoms. The summed E-state index contributed by atoms with van der Waals surface area (Å²) < 4.78 is 7.51.